The van der Waals surface area contributed by atoms with Crippen molar-refractivity contribution >= 4 is 0 Å². The van der Waals surface area contributed by atoms with E-state index in [1.54, 1.807) is 0 Å². The summed E-state index contributed by atoms with van der Waals surface area (Å²) >= 11 is 0. The Morgan fingerprint density at radius 1 is 0.300 bits per heavy atom. The van der Waals surface area contributed by atoms with Gasteiger partial charge in [0.15, 0.2) is 0 Å². The van der Waals surface area contributed by atoms with Gasteiger partial charge in [0.05, 0.1) is 26.2 Å². The van der Waals surface area contributed by atoms with Gasteiger partial charge in [-0.15, -0.1) is 0 Å². The maximum absolute atomic E-state index is 2.41. The van der Waals surface area contributed by atoms with Crippen LogP contribution in [0.25, 0.3) is 0 Å². The lowest BCUT2D eigenvalue weighted by Crippen LogP contribution is -2.30. The van der Waals surface area contributed by atoms with Crippen molar-refractivity contribution in [2.75, 3.05) is 0 Å². The summed E-state index contributed by atoms with van der Waals surface area (Å²) in [5, 5.41) is 0. The third-order valence-electron chi connectivity index (χ3n) is 11.1. The van der Waals surface area contributed by atoms with Crippen molar-refractivity contribution in [2.24, 2.45) is 0 Å². The number of unbranched alkanes of at least 4 members (excludes halogenated alkanes) is 31. The molecule has 0 aliphatic rings. The van der Waals surface area contributed by atoms with Gasteiger partial charge in [-0.05, 0) is 51.4 Å². The highest BCUT2D eigenvalue weighted by molar-refractivity contribution is 4.67. The molecule has 0 spiro atoms. The van der Waals surface area contributed by atoms with Gasteiger partial charge in [-0.3, -0.25) is 0 Å². The molecule has 2 rings (SSSR count). The first-order chi connectivity index (χ1) is 24.8. The van der Waals surface area contributed by atoms with Gasteiger partial charge >= 0.3 is 0 Å². The lowest BCUT2D eigenvalue weighted by molar-refractivity contribution is -0.697. The Morgan fingerprint density at radius 2 is 0.540 bits per heavy atom. The summed E-state index contributed by atoms with van der Waals surface area (Å²) in [5.41, 5.74) is 0. The van der Waals surface area contributed by atoms with Gasteiger partial charge in [0, 0.05) is 0 Å². The molecule has 2 aromatic heterocycles. The Balaban J connectivity index is 1.26. The van der Waals surface area contributed by atoms with Crippen LogP contribution >= 0.6 is 0 Å². The Bertz CT molecular complexity index is 869. The number of rotatable bonds is 39. The second-order valence-electron chi connectivity index (χ2n) is 16.1. The second kappa shape index (κ2) is 34.5. The van der Waals surface area contributed by atoms with Crippen LogP contribution in [0.1, 0.15) is 232 Å². The van der Waals surface area contributed by atoms with Crippen molar-refractivity contribution in [3.8, 4) is 0 Å². The fraction of sp³-hybridized carbons (Fsp3) is 0.870. The average molecular weight is 697 g/mol. The van der Waals surface area contributed by atoms with Crippen molar-refractivity contribution in [3.05, 3.63) is 37.4 Å². The largest absolute Gasteiger partial charge is 0.243 e. The van der Waals surface area contributed by atoms with Crippen LogP contribution in [0, 0.1) is 0 Å². The molecule has 0 unspecified atom stereocenters. The molecule has 0 aliphatic heterocycles. The van der Waals surface area contributed by atoms with E-state index in [0.29, 0.717) is 0 Å². The molecule has 4 heteroatoms. The molecule has 0 saturated heterocycles. The van der Waals surface area contributed by atoms with Crippen LogP contribution in [0.3, 0.4) is 0 Å². The van der Waals surface area contributed by atoms with Crippen molar-refractivity contribution in [3.63, 3.8) is 0 Å². The van der Waals surface area contributed by atoms with Gasteiger partial charge in [0.1, 0.15) is 24.8 Å². The molecule has 0 saturated carbocycles. The van der Waals surface area contributed by atoms with Crippen LogP contribution in [0.4, 0.5) is 0 Å². The molecule has 0 bridgehead atoms. The molecular weight excluding hydrogens is 609 g/mol. The minimum absolute atomic E-state index is 1.19. The minimum atomic E-state index is 1.19. The summed E-state index contributed by atoms with van der Waals surface area (Å²) < 4.78 is 9.63. The van der Waals surface area contributed by atoms with Gasteiger partial charge in [-0.1, -0.05) is 181 Å². The Hall–Kier alpha value is -1.58. The zero-order valence-electron chi connectivity index (χ0n) is 34.1. The highest BCUT2D eigenvalue weighted by atomic mass is 15.1. The zero-order valence-corrected chi connectivity index (χ0v) is 34.1. The number of aromatic nitrogens is 4. The van der Waals surface area contributed by atoms with Crippen LogP contribution in [0.15, 0.2) is 37.4 Å². The van der Waals surface area contributed by atoms with Gasteiger partial charge in [-0.25, -0.2) is 18.3 Å². The summed E-state index contributed by atoms with van der Waals surface area (Å²) in [5.74, 6) is 0. The summed E-state index contributed by atoms with van der Waals surface area (Å²) in [7, 11) is 0. The number of hydrogen-bond donors (Lipinski definition) is 0. The summed E-state index contributed by atoms with van der Waals surface area (Å²) in [4.78, 5) is 0. The SMILES string of the molecule is CCCCCCCCCCCCn1cc[n+](CCCCCCCCCCCCCCCC[n+]2ccn(CCCCCCCCCCCC)c2)c1. The first-order valence-electron chi connectivity index (χ1n) is 22.9. The summed E-state index contributed by atoms with van der Waals surface area (Å²) in [6.07, 6.45) is 62.0. The first kappa shape index (κ1) is 44.6. The van der Waals surface area contributed by atoms with E-state index in [2.05, 4.69) is 69.6 Å². The fourth-order valence-electron chi connectivity index (χ4n) is 7.68. The van der Waals surface area contributed by atoms with Crippen molar-refractivity contribution in [1.82, 2.24) is 9.13 Å². The van der Waals surface area contributed by atoms with E-state index >= 15 is 0 Å². The van der Waals surface area contributed by atoms with E-state index in [1.165, 1.54) is 244 Å². The fourth-order valence-corrected chi connectivity index (χ4v) is 7.68. The van der Waals surface area contributed by atoms with E-state index in [4.69, 9.17) is 0 Å². The minimum Gasteiger partial charge on any atom is -0.237 e. The van der Waals surface area contributed by atoms with Crippen LogP contribution < -0.4 is 9.13 Å². The van der Waals surface area contributed by atoms with E-state index in [1.807, 2.05) is 0 Å². The number of imidazole rings is 2. The third kappa shape index (κ3) is 27.1. The predicted molar refractivity (Wildman–Crippen MR) is 218 cm³/mol. The summed E-state index contributed by atoms with van der Waals surface area (Å²) in [6.45, 7) is 9.37. The number of hydrogen-bond acceptors (Lipinski definition) is 0. The predicted octanol–water partition coefficient (Wildman–Crippen LogP) is 13.9. The lowest BCUT2D eigenvalue weighted by Gasteiger charge is -2.03. The van der Waals surface area contributed by atoms with E-state index in [0.717, 1.165) is 0 Å². The third-order valence-corrected chi connectivity index (χ3v) is 11.1. The Labute approximate surface area is 313 Å². The molecule has 0 fully saturated rings. The smallest absolute Gasteiger partial charge is 0.237 e. The highest BCUT2D eigenvalue weighted by Gasteiger charge is 2.05. The molecule has 2 aromatic rings. The molecule has 0 radical (unpaired) electrons. The van der Waals surface area contributed by atoms with Crippen molar-refractivity contribution in [2.45, 2.75) is 258 Å². The molecule has 2 heterocycles. The average Bonchev–Trinajstić information content (AvgIpc) is 3.79. The van der Waals surface area contributed by atoms with Gasteiger partial charge in [0.25, 0.3) is 0 Å². The molecule has 0 aliphatic carbocycles. The van der Waals surface area contributed by atoms with Gasteiger partial charge < -0.3 is 0 Å². The van der Waals surface area contributed by atoms with Gasteiger partial charge in [0.2, 0.25) is 12.7 Å². The standard InChI is InChI=1S/C46H88N4/c1-3-5-7-9-11-13-21-25-29-33-37-47-41-43-49(45-47)39-35-31-27-23-19-17-15-16-18-20-24-28-32-36-40-50-44-42-48(46-50)38-34-30-26-22-14-12-10-8-6-4-2/h41-46H,3-40H2,1-2H3/q+2. The molecule has 4 nitrogen and oxygen atoms in total. The lowest BCUT2D eigenvalue weighted by atomic mass is 10.0. The monoisotopic (exact) mass is 697 g/mol. The Morgan fingerprint density at radius 3 is 0.820 bits per heavy atom. The number of aryl methyl sites for hydroxylation is 4. The molecule has 0 atom stereocenters. The van der Waals surface area contributed by atoms with Crippen molar-refractivity contribution < 1.29 is 9.13 Å². The first-order valence-corrected chi connectivity index (χ1v) is 22.9. The van der Waals surface area contributed by atoms with E-state index in [9.17, 15) is 0 Å². The second-order valence-corrected chi connectivity index (χ2v) is 16.1. The maximum atomic E-state index is 2.41. The maximum Gasteiger partial charge on any atom is 0.243 e. The molecule has 0 N–H and O–H groups in total. The molecule has 0 amide bonds. The molecule has 290 valence electrons. The molecule has 0 aromatic carbocycles. The van der Waals surface area contributed by atoms with E-state index in [-0.39, 0.29) is 0 Å². The van der Waals surface area contributed by atoms with Gasteiger partial charge in [-0.2, -0.15) is 0 Å². The Kier molecular flexibility index (Phi) is 30.8. The van der Waals surface area contributed by atoms with Crippen LogP contribution in [-0.4, -0.2) is 9.13 Å². The molecular formula is C46H88N4+2. The van der Waals surface area contributed by atoms with Crippen LogP contribution in [0.5, 0.6) is 0 Å². The summed E-state index contributed by atoms with van der Waals surface area (Å²) in [6, 6.07) is 0. The molecule has 50 heavy (non-hydrogen) atoms. The number of nitrogens with zero attached hydrogens (tertiary/aromatic N) is 4. The normalized spacial score (nSPS) is 11.6. The van der Waals surface area contributed by atoms with E-state index < -0.39 is 0 Å². The zero-order chi connectivity index (χ0) is 35.4. The highest BCUT2D eigenvalue weighted by Crippen LogP contribution is 2.14. The van der Waals surface area contributed by atoms with Crippen LogP contribution in [-0.2, 0) is 26.2 Å². The van der Waals surface area contributed by atoms with Crippen LogP contribution in [0.2, 0.25) is 0 Å². The quantitative estimate of drug-likeness (QED) is 0.0489. The topological polar surface area (TPSA) is 17.6 Å². The van der Waals surface area contributed by atoms with Crippen molar-refractivity contribution in [1.29, 1.82) is 0 Å².